The van der Waals surface area contributed by atoms with Crippen LogP contribution in [-0.4, -0.2) is 5.11 Å². The van der Waals surface area contributed by atoms with Crippen molar-refractivity contribution in [1.82, 2.24) is 0 Å². The molecule has 1 unspecified atom stereocenters. The molecule has 1 aromatic rings. The van der Waals surface area contributed by atoms with Gasteiger partial charge in [0.2, 0.25) is 0 Å². The molecular weight excluding hydrogens is 220 g/mol. The van der Waals surface area contributed by atoms with Crippen LogP contribution in [0.4, 0.5) is 0 Å². The van der Waals surface area contributed by atoms with E-state index >= 15 is 0 Å². The molecule has 1 atom stereocenters. The molecule has 0 aliphatic carbocycles. The molecule has 1 N–H and O–H groups in total. The highest BCUT2D eigenvalue weighted by Gasteiger charge is 2.23. The Morgan fingerprint density at radius 3 is 1.83 bits per heavy atom. The summed E-state index contributed by atoms with van der Waals surface area (Å²) in [4.78, 5) is 0. The first kappa shape index (κ1) is 15.2. The van der Waals surface area contributed by atoms with Crippen molar-refractivity contribution in [3.63, 3.8) is 0 Å². The fourth-order valence-corrected chi connectivity index (χ4v) is 2.19. The van der Waals surface area contributed by atoms with Crippen molar-refractivity contribution >= 4 is 0 Å². The summed E-state index contributed by atoms with van der Waals surface area (Å²) in [5, 5.41) is 10.5. The number of hydrogen-bond acceptors (Lipinski definition) is 1. The molecule has 0 aromatic heterocycles. The van der Waals surface area contributed by atoms with Gasteiger partial charge in [-0.3, -0.25) is 0 Å². The lowest BCUT2D eigenvalue weighted by Gasteiger charge is -2.26. The van der Waals surface area contributed by atoms with E-state index in [2.05, 4.69) is 52.0 Å². The molecule has 0 heterocycles. The normalized spacial score (nSPS) is 15.4. The van der Waals surface area contributed by atoms with Gasteiger partial charge in [-0.25, -0.2) is 0 Å². The Hall–Kier alpha value is -0.820. The van der Waals surface area contributed by atoms with E-state index < -0.39 is 5.60 Å². The molecule has 0 amide bonds. The van der Waals surface area contributed by atoms with Crippen LogP contribution in [-0.2, 0) is 11.0 Å². The zero-order valence-electron chi connectivity index (χ0n) is 12.6. The zero-order valence-corrected chi connectivity index (χ0v) is 12.6. The smallest absolute Gasteiger partial charge is 0.0868 e. The van der Waals surface area contributed by atoms with E-state index in [-0.39, 0.29) is 5.41 Å². The van der Waals surface area contributed by atoms with Crippen molar-refractivity contribution in [1.29, 1.82) is 0 Å². The SMILES string of the molecule is CCCCCC(C)(O)c1ccc(C(C)(C)C)cc1. The van der Waals surface area contributed by atoms with E-state index in [0.29, 0.717) is 0 Å². The molecule has 0 radical (unpaired) electrons. The van der Waals surface area contributed by atoms with Crippen LogP contribution in [0.1, 0.15) is 71.4 Å². The number of benzene rings is 1. The van der Waals surface area contributed by atoms with E-state index in [1.807, 2.05) is 6.92 Å². The van der Waals surface area contributed by atoms with Crippen molar-refractivity contribution in [2.75, 3.05) is 0 Å². The average Bonchev–Trinajstić information content (AvgIpc) is 2.28. The number of hydrogen-bond donors (Lipinski definition) is 1. The van der Waals surface area contributed by atoms with Crippen LogP contribution in [0.2, 0.25) is 0 Å². The molecule has 1 nitrogen and oxygen atoms in total. The highest BCUT2D eigenvalue weighted by atomic mass is 16.3. The molecule has 0 spiro atoms. The van der Waals surface area contributed by atoms with Gasteiger partial charge in [-0.1, -0.05) is 71.2 Å². The Morgan fingerprint density at radius 1 is 0.889 bits per heavy atom. The molecule has 0 saturated heterocycles. The first-order valence-corrected chi connectivity index (χ1v) is 7.11. The van der Waals surface area contributed by atoms with E-state index in [4.69, 9.17) is 0 Å². The van der Waals surface area contributed by atoms with Gasteiger partial charge < -0.3 is 5.11 Å². The summed E-state index contributed by atoms with van der Waals surface area (Å²) in [5.41, 5.74) is 1.83. The third kappa shape index (κ3) is 4.13. The minimum Gasteiger partial charge on any atom is -0.385 e. The lowest BCUT2D eigenvalue weighted by molar-refractivity contribution is 0.0449. The molecular formula is C17H28O. The van der Waals surface area contributed by atoms with Crippen molar-refractivity contribution in [3.05, 3.63) is 35.4 Å². The molecule has 0 bridgehead atoms. The fourth-order valence-electron chi connectivity index (χ4n) is 2.19. The van der Waals surface area contributed by atoms with Crippen LogP contribution in [0.3, 0.4) is 0 Å². The summed E-state index contributed by atoms with van der Waals surface area (Å²) in [7, 11) is 0. The van der Waals surface area contributed by atoms with Crippen LogP contribution in [0.5, 0.6) is 0 Å². The highest BCUT2D eigenvalue weighted by Crippen LogP contribution is 2.29. The molecule has 102 valence electrons. The average molecular weight is 248 g/mol. The van der Waals surface area contributed by atoms with Crippen molar-refractivity contribution in [2.45, 2.75) is 71.3 Å². The first-order valence-electron chi connectivity index (χ1n) is 7.11. The summed E-state index contributed by atoms with van der Waals surface area (Å²) in [6.45, 7) is 10.7. The van der Waals surface area contributed by atoms with Crippen molar-refractivity contribution < 1.29 is 5.11 Å². The van der Waals surface area contributed by atoms with E-state index in [9.17, 15) is 5.11 Å². The highest BCUT2D eigenvalue weighted by molar-refractivity contribution is 5.30. The summed E-state index contributed by atoms with van der Waals surface area (Å²) in [5.74, 6) is 0. The maximum Gasteiger partial charge on any atom is 0.0868 e. The van der Waals surface area contributed by atoms with Crippen LogP contribution in [0, 0.1) is 0 Å². The lowest BCUT2D eigenvalue weighted by atomic mass is 9.84. The standard InChI is InChI=1S/C17H28O/c1-6-7-8-13-17(5,18)15-11-9-14(10-12-15)16(2,3)4/h9-12,18H,6-8,13H2,1-5H3. The van der Waals surface area contributed by atoms with Crippen LogP contribution in [0.15, 0.2) is 24.3 Å². The molecule has 0 saturated carbocycles. The number of unbranched alkanes of at least 4 members (excludes halogenated alkanes) is 2. The van der Waals surface area contributed by atoms with Gasteiger partial charge in [-0.05, 0) is 29.9 Å². The maximum absolute atomic E-state index is 10.5. The number of aliphatic hydroxyl groups is 1. The van der Waals surface area contributed by atoms with Crippen molar-refractivity contribution in [2.24, 2.45) is 0 Å². The van der Waals surface area contributed by atoms with Gasteiger partial charge in [0.15, 0.2) is 0 Å². The predicted molar refractivity (Wildman–Crippen MR) is 78.9 cm³/mol. The summed E-state index contributed by atoms with van der Waals surface area (Å²) in [6.07, 6.45) is 4.31. The maximum atomic E-state index is 10.5. The van der Waals surface area contributed by atoms with Gasteiger partial charge in [0.1, 0.15) is 0 Å². The monoisotopic (exact) mass is 248 g/mol. The molecule has 1 aromatic carbocycles. The molecule has 18 heavy (non-hydrogen) atoms. The lowest BCUT2D eigenvalue weighted by Crippen LogP contribution is -2.21. The second-order valence-corrected chi connectivity index (χ2v) is 6.56. The van der Waals surface area contributed by atoms with Gasteiger partial charge >= 0.3 is 0 Å². The van der Waals surface area contributed by atoms with Gasteiger partial charge in [0.25, 0.3) is 0 Å². The fraction of sp³-hybridized carbons (Fsp3) is 0.647. The topological polar surface area (TPSA) is 20.2 Å². The second-order valence-electron chi connectivity index (χ2n) is 6.56. The van der Waals surface area contributed by atoms with E-state index in [0.717, 1.165) is 18.4 Å². The largest absolute Gasteiger partial charge is 0.385 e. The van der Waals surface area contributed by atoms with E-state index in [1.54, 1.807) is 0 Å². The minimum atomic E-state index is -0.689. The molecule has 0 fully saturated rings. The van der Waals surface area contributed by atoms with Crippen LogP contribution < -0.4 is 0 Å². The zero-order chi connectivity index (χ0) is 13.8. The summed E-state index contributed by atoms with van der Waals surface area (Å²) in [6, 6.07) is 8.44. The molecule has 1 rings (SSSR count). The Morgan fingerprint density at radius 2 is 1.39 bits per heavy atom. The van der Waals surface area contributed by atoms with E-state index in [1.165, 1.54) is 18.4 Å². The summed E-state index contributed by atoms with van der Waals surface area (Å²) >= 11 is 0. The summed E-state index contributed by atoms with van der Waals surface area (Å²) < 4.78 is 0. The van der Waals surface area contributed by atoms with Crippen molar-refractivity contribution in [3.8, 4) is 0 Å². The van der Waals surface area contributed by atoms with Crippen LogP contribution in [0.25, 0.3) is 0 Å². The first-order chi connectivity index (χ1) is 8.27. The Labute approximate surface area is 112 Å². The molecule has 1 heteroatoms. The minimum absolute atomic E-state index is 0.173. The van der Waals surface area contributed by atoms with Gasteiger partial charge in [0.05, 0.1) is 5.60 Å². The van der Waals surface area contributed by atoms with Gasteiger partial charge in [0, 0.05) is 0 Å². The Bertz CT molecular complexity index is 354. The Balaban J connectivity index is 2.77. The molecule has 0 aliphatic heterocycles. The van der Waals surface area contributed by atoms with Gasteiger partial charge in [-0.15, -0.1) is 0 Å². The third-order valence-electron chi connectivity index (χ3n) is 3.64. The Kier molecular flexibility index (Phi) is 4.98. The second kappa shape index (κ2) is 5.88. The molecule has 0 aliphatic rings. The van der Waals surface area contributed by atoms with Crippen LogP contribution >= 0.6 is 0 Å². The number of rotatable bonds is 5. The predicted octanol–water partition coefficient (Wildman–Crippen LogP) is 4.77. The van der Waals surface area contributed by atoms with Gasteiger partial charge in [-0.2, -0.15) is 0 Å². The quantitative estimate of drug-likeness (QED) is 0.744. The third-order valence-corrected chi connectivity index (χ3v) is 3.64.